The second-order valence-corrected chi connectivity index (χ2v) is 4.46. The van der Waals surface area contributed by atoms with Crippen LogP contribution in [0.1, 0.15) is 12.5 Å². The van der Waals surface area contributed by atoms with E-state index in [-0.39, 0.29) is 0 Å². The number of nitrogens with one attached hydrogen (secondary N) is 1. The van der Waals surface area contributed by atoms with E-state index in [4.69, 9.17) is 14.2 Å². The Hall–Kier alpha value is -1.42. The van der Waals surface area contributed by atoms with Crippen molar-refractivity contribution in [3.8, 4) is 11.5 Å². The molecule has 1 rings (SSSR count). The van der Waals surface area contributed by atoms with Crippen LogP contribution in [0.25, 0.3) is 0 Å². The van der Waals surface area contributed by atoms with Gasteiger partial charge in [0, 0.05) is 25.4 Å². The van der Waals surface area contributed by atoms with E-state index < -0.39 is 0 Å². The fourth-order valence-electron chi connectivity index (χ4n) is 1.80. The molecule has 0 fully saturated rings. The highest BCUT2D eigenvalue weighted by Gasteiger charge is 2.09. The van der Waals surface area contributed by atoms with Crippen molar-refractivity contribution in [3.63, 3.8) is 0 Å². The maximum Gasteiger partial charge on any atom is 0.162 e. The zero-order valence-electron chi connectivity index (χ0n) is 11.9. The van der Waals surface area contributed by atoms with Crippen LogP contribution in [0.3, 0.4) is 0 Å². The number of hydrogen-bond acceptors (Lipinski definition) is 4. The molecule has 18 heavy (non-hydrogen) atoms. The minimum Gasteiger partial charge on any atom is -0.493 e. The lowest BCUT2D eigenvalue weighted by molar-refractivity contribution is 0.164. The van der Waals surface area contributed by atoms with E-state index in [9.17, 15) is 0 Å². The zero-order valence-corrected chi connectivity index (χ0v) is 11.9. The highest BCUT2D eigenvalue weighted by molar-refractivity contribution is 5.60. The normalized spacial score (nSPS) is 12.1. The first-order valence-corrected chi connectivity index (χ1v) is 6.07. The smallest absolute Gasteiger partial charge is 0.162 e. The van der Waals surface area contributed by atoms with E-state index in [1.807, 2.05) is 19.1 Å². The molecule has 0 bridgehead atoms. The predicted molar refractivity (Wildman–Crippen MR) is 73.8 cm³/mol. The van der Waals surface area contributed by atoms with Crippen molar-refractivity contribution in [2.24, 2.45) is 5.92 Å². The summed E-state index contributed by atoms with van der Waals surface area (Å²) >= 11 is 0. The first-order valence-electron chi connectivity index (χ1n) is 6.07. The Kier molecular flexibility index (Phi) is 5.78. The average Bonchev–Trinajstić information content (AvgIpc) is 2.37. The minimum absolute atomic E-state index is 0.461. The molecular weight excluding hydrogens is 230 g/mol. The Bertz CT molecular complexity index is 380. The molecule has 1 atom stereocenters. The Morgan fingerprint density at radius 3 is 2.28 bits per heavy atom. The molecule has 102 valence electrons. The lowest BCUT2D eigenvalue weighted by Crippen LogP contribution is -2.16. The fraction of sp³-hybridized carbons (Fsp3) is 0.571. The quantitative estimate of drug-likeness (QED) is 0.811. The number of aryl methyl sites for hydroxylation is 1. The van der Waals surface area contributed by atoms with Gasteiger partial charge >= 0.3 is 0 Å². The first-order chi connectivity index (χ1) is 8.62. The summed E-state index contributed by atoms with van der Waals surface area (Å²) in [4.78, 5) is 0. The van der Waals surface area contributed by atoms with Gasteiger partial charge in [-0.2, -0.15) is 0 Å². The molecule has 0 spiro atoms. The van der Waals surface area contributed by atoms with E-state index in [0.29, 0.717) is 5.92 Å². The average molecular weight is 253 g/mol. The van der Waals surface area contributed by atoms with E-state index in [1.54, 1.807) is 21.3 Å². The molecule has 0 aliphatic rings. The second-order valence-electron chi connectivity index (χ2n) is 4.46. The van der Waals surface area contributed by atoms with Crippen LogP contribution < -0.4 is 14.8 Å². The summed E-state index contributed by atoms with van der Waals surface area (Å²) in [5.74, 6) is 1.96. The highest BCUT2D eigenvalue weighted by atomic mass is 16.5. The molecule has 1 aromatic rings. The molecule has 0 aliphatic carbocycles. The van der Waals surface area contributed by atoms with Gasteiger partial charge in [0.1, 0.15) is 0 Å². The Morgan fingerprint density at radius 2 is 1.72 bits per heavy atom. The summed E-state index contributed by atoms with van der Waals surface area (Å²) in [6, 6.07) is 3.94. The Labute approximate surface area is 109 Å². The molecule has 1 unspecified atom stereocenters. The molecule has 0 heterocycles. The number of methoxy groups -OCH3 is 3. The Morgan fingerprint density at radius 1 is 1.11 bits per heavy atom. The standard InChI is InChI=1S/C14H23NO3/c1-10(9-16-3)8-15-12-7-14(18-5)13(17-4)6-11(12)2/h6-7,10,15H,8-9H2,1-5H3. The van der Waals surface area contributed by atoms with Crippen LogP contribution >= 0.6 is 0 Å². The van der Waals surface area contributed by atoms with Gasteiger partial charge < -0.3 is 19.5 Å². The van der Waals surface area contributed by atoms with Gasteiger partial charge in [-0.3, -0.25) is 0 Å². The van der Waals surface area contributed by atoms with Crippen LogP contribution in [0.2, 0.25) is 0 Å². The number of anilines is 1. The number of benzene rings is 1. The van der Waals surface area contributed by atoms with Crippen LogP contribution in [0, 0.1) is 12.8 Å². The molecular formula is C14H23NO3. The fourth-order valence-corrected chi connectivity index (χ4v) is 1.80. The molecule has 0 aromatic heterocycles. The molecule has 1 aromatic carbocycles. The summed E-state index contributed by atoms with van der Waals surface area (Å²) in [7, 11) is 5.01. The van der Waals surface area contributed by atoms with Gasteiger partial charge in [0.2, 0.25) is 0 Å². The minimum atomic E-state index is 0.461. The predicted octanol–water partition coefficient (Wildman–Crippen LogP) is 2.71. The van der Waals surface area contributed by atoms with Crippen molar-refractivity contribution < 1.29 is 14.2 Å². The van der Waals surface area contributed by atoms with Crippen molar-refractivity contribution in [3.05, 3.63) is 17.7 Å². The SMILES string of the molecule is COCC(C)CNc1cc(OC)c(OC)cc1C. The van der Waals surface area contributed by atoms with Gasteiger partial charge in [0.25, 0.3) is 0 Å². The van der Waals surface area contributed by atoms with Crippen molar-refractivity contribution in [2.45, 2.75) is 13.8 Å². The van der Waals surface area contributed by atoms with Crippen LogP contribution in [-0.4, -0.2) is 34.5 Å². The van der Waals surface area contributed by atoms with Gasteiger partial charge in [-0.25, -0.2) is 0 Å². The molecule has 0 radical (unpaired) electrons. The Balaban J connectivity index is 2.76. The second kappa shape index (κ2) is 7.11. The summed E-state index contributed by atoms with van der Waals surface area (Å²) in [6.45, 7) is 5.81. The maximum atomic E-state index is 5.30. The molecule has 4 heteroatoms. The van der Waals surface area contributed by atoms with Gasteiger partial charge in [-0.05, 0) is 24.5 Å². The third kappa shape index (κ3) is 3.81. The van der Waals surface area contributed by atoms with Gasteiger partial charge in [-0.1, -0.05) is 6.92 Å². The van der Waals surface area contributed by atoms with Gasteiger partial charge in [-0.15, -0.1) is 0 Å². The molecule has 0 saturated carbocycles. The number of rotatable bonds is 7. The number of hydrogen-bond donors (Lipinski definition) is 1. The largest absolute Gasteiger partial charge is 0.493 e. The van der Waals surface area contributed by atoms with E-state index in [1.165, 1.54) is 0 Å². The summed E-state index contributed by atoms with van der Waals surface area (Å²) in [5.41, 5.74) is 2.20. The summed E-state index contributed by atoms with van der Waals surface area (Å²) in [5, 5.41) is 3.41. The third-order valence-corrected chi connectivity index (χ3v) is 2.82. The van der Waals surface area contributed by atoms with Crippen LogP contribution in [-0.2, 0) is 4.74 Å². The van der Waals surface area contributed by atoms with Crippen molar-refractivity contribution in [1.82, 2.24) is 0 Å². The van der Waals surface area contributed by atoms with E-state index >= 15 is 0 Å². The van der Waals surface area contributed by atoms with Crippen LogP contribution in [0.5, 0.6) is 11.5 Å². The summed E-state index contributed by atoms with van der Waals surface area (Å²) < 4.78 is 15.7. The monoisotopic (exact) mass is 253 g/mol. The lowest BCUT2D eigenvalue weighted by Gasteiger charge is -2.16. The van der Waals surface area contributed by atoms with Crippen molar-refractivity contribution in [1.29, 1.82) is 0 Å². The molecule has 1 N–H and O–H groups in total. The topological polar surface area (TPSA) is 39.7 Å². The lowest BCUT2D eigenvalue weighted by atomic mass is 10.1. The van der Waals surface area contributed by atoms with Crippen molar-refractivity contribution in [2.75, 3.05) is 39.8 Å². The molecule has 0 aliphatic heterocycles. The van der Waals surface area contributed by atoms with E-state index in [0.717, 1.165) is 35.9 Å². The maximum absolute atomic E-state index is 5.30. The van der Waals surface area contributed by atoms with E-state index in [2.05, 4.69) is 12.2 Å². The zero-order chi connectivity index (χ0) is 13.5. The van der Waals surface area contributed by atoms with Crippen LogP contribution in [0.15, 0.2) is 12.1 Å². The van der Waals surface area contributed by atoms with Crippen LogP contribution in [0.4, 0.5) is 5.69 Å². The molecule has 0 amide bonds. The summed E-state index contributed by atoms with van der Waals surface area (Å²) in [6.07, 6.45) is 0. The van der Waals surface area contributed by atoms with Crippen molar-refractivity contribution >= 4 is 5.69 Å². The number of ether oxygens (including phenoxy) is 3. The first kappa shape index (κ1) is 14.6. The molecule has 4 nitrogen and oxygen atoms in total. The molecule has 0 saturated heterocycles. The third-order valence-electron chi connectivity index (χ3n) is 2.82. The highest BCUT2D eigenvalue weighted by Crippen LogP contribution is 2.32. The van der Waals surface area contributed by atoms with Gasteiger partial charge in [0.15, 0.2) is 11.5 Å². The van der Waals surface area contributed by atoms with Gasteiger partial charge in [0.05, 0.1) is 20.8 Å².